The molecule has 20 atom stereocenters. The van der Waals surface area contributed by atoms with Crippen molar-refractivity contribution in [2.75, 3.05) is 13.2 Å². The standard InChI is InChI=1S/C37H64O14/c1-17(2)23(49-33-30(28(44)24(15-38)50-33)51-32-29(45)27(43)22(41)16-48-32)7-6-18(3)20-12-21(40)31-34(20,4)10-9-25-35(5)11-8-19(39)13-37(35,47)26(42)14-36(25,31)46/h17-33,38-47H,6-16H2,1-5H3/t18-,19+,20-,21+,22-,23+,24+,25-,26-,27+,28+,29-,30-,31-,32+,33-,34-,35-,36+,37+/m1/s1. The van der Waals surface area contributed by atoms with Gasteiger partial charge in [-0.2, -0.15) is 0 Å². The van der Waals surface area contributed by atoms with Gasteiger partial charge in [-0.05, 0) is 74.0 Å². The van der Waals surface area contributed by atoms with E-state index in [2.05, 4.69) is 13.8 Å². The van der Waals surface area contributed by atoms with Crippen LogP contribution in [0.1, 0.15) is 92.4 Å². The number of hydrogen-bond acceptors (Lipinski definition) is 14. The molecule has 14 nitrogen and oxygen atoms in total. The number of hydrogen-bond donors (Lipinski definition) is 10. The second kappa shape index (κ2) is 14.5. The Labute approximate surface area is 300 Å². The fourth-order valence-electron chi connectivity index (χ4n) is 11.9. The van der Waals surface area contributed by atoms with Gasteiger partial charge in [-0.25, -0.2) is 0 Å². The molecule has 0 aromatic carbocycles. The highest BCUT2D eigenvalue weighted by Crippen LogP contribution is 2.70. The lowest BCUT2D eigenvalue weighted by atomic mass is 9.40. The van der Waals surface area contributed by atoms with Gasteiger partial charge < -0.3 is 70.0 Å². The number of aliphatic hydroxyl groups is 10. The SMILES string of the molecule is CC(C)[C@H](CC[C@@H](C)[C@H]1C[C@H](O)[C@@H]2[C@]1(C)CC[C@H]1[C@@]2(O)C[C@@H](O)[C@@]2(O)C[C@@H](O)CC[C@]12C)O[C@@H]1O[C@@H](CO)[C@H](O)[C@H]1O[C@@H]1OC[C@@H](O)[C@H](O)[C@H]1O. The molecule has 0 amide bonds. The highest BCUT2D eigenvalue weighted by Gasteiger charge is 2.74. The number of fused-ring (bicyclic) bond motifs is 5. The molecule has 0 unspecified atom stereocenters. The molecule has 51 heavy (non-hydrogen) atoms. The van der Waals surface area contributed by atoms with Gasteiger partial charge in [0.25, 0.3) is 0 Å². The quantitative estimate of drug-likeness (QED) is 0.137. The van der Waals surface area contributed by atoms with E-state index < -0.39 is 102 Å². The molecule has 0 spiro atoms. The minimum Gasteiger partial charge on any atom is -0.394 e. The molecule has 4 aliphatic carbocycles. The Kier molecular flexibility index (Phi) is 11.4. The maximum Gasteiger partial charge on any atom is 0.187 e. The van der Waals surface area contributed by atoms with Gasteiger partial charge in [-0.3, -0.25) is 0 Å². The fourth-order valence-corrected chi connectivity index (χ4v) is 11.9. The van der Waals surface area contributed by atoms with Crippen LogP contribution in [0.3, 0.4) is 0 Å². The molecular formula is C37H64O14. The van der Waals surface area contributed by atoms with Crippen molar-refractivity contribution in [3.05, 3.63) is 0 Å². The van der Waals surface area contributed by atoms with Gasteiger partial charge in [-0.1, -0.05) is 34.6 Å². The van der Waals surface area contributed by atoms with Crippen molar-refractivity contribution >= 4 is 0 Å². The van der Waals surface area contributed by atoms with E-state index in [9.17, 15) is 51.1 Å². The smallest absolute Gasteiger partial charge is 0.187 e. The van der Waals surface area contributed by atoms with Crippen LogP contribution in [0.2, 0.25) is 0 Å². The molecule has 0 radical (unpaired) electrons. The van der Waals surface area contributed by atoms with E-state index in [4.69, 9.17) is 18.9 Å². The van der Waals surface area contributed by atoms with Gasteiger partial charge >= 0.3 is 0 Å². The molecule has 6 fully saturated rings. The minimum atomic E-state index is -1.59. The zero-order valence-electron chi connectivity index (χ0n) is 30.7. The molecule has 0 bridgehead atoms. The fraction of sp³-hybridized carbons (Fsp3) is 1.00. The van der Waals surface area contributed by atoms with E-state index >= 15 is 0 Å². The van der Waals surface area contributed by atoms with Crippen LogP contribution in [-0.2, 0) is 18.9 Å². The van der Waals surface area contributed by atoms with E-state index in [1.54, 1.807) is 0 Å². The molecule has 6 aliphatic rings. The van der Waals surface area contributed by atoms with Crippen molar-refractivity contribution in [1.82, 2.24) is 0 Å². The summed E-state index contributed by atoms with van der Waals surface area (Å²) in [5.74, 6) is -0.655. The summed E-state index contributed by atoms with van der Waals surface area (Å²) in [6.07, 6.45) is -9.31. The predicted molar refractivity (Wildman–Crippen MR) is 179 cm³/mol. The Bertz CT molecular complexity index is 1210. The van der Waals surface area contributed by atoms with E-state index in [1.807, 2.05) is 20.8 Å². The topological polar surface area (TPSA) is 239 Å². The molecule has 0 aromatic rings. The largest absolute Gasteiger partial charge is 0.394 e. The van der Waals surface area contributed by atoms with E-state index in [-0.39, 0.29) is 49.2 Å². The second-order valence-corrected chi connectivity index (χ2v) is 18.0. The maximum absolute atomic E-state index is 12.6. The highest BCUT2D eigenvalue weighted by atomic mass is 16.8. The molecule has 2 saturated heterocycles. The Morgan fingerprint density at radius 2 is 1.53 bits per heavy atom. The summed E-state index contributed by atoms with van der Waals surface area (Å²) < 4.78 is 23.6. The molecule has 2 aliphatic heterocycles. The van der Waals surface area contributed by atoms with Crippen molar-refractivity contribution in [2.24, 2.45) is 40.4 Å². The molecule has 6 rings (SSSR count). The third-order valence-corrected chi connectivity index (χ3v) is 14.8. The van der Waals surface area contributed by atoms with Crippen molar-refractivity contribution < 1.29 is 70.0 Å². The van der Waals surface area contributed by atoms with E-state index in [1.165, 1.54) is 0 Å². The first-order valence-electron chi connectivity index (χ1n) is 19.2. The van der Waals surface area contributed by atoms with Gasteiger partial charge in [0.1, 0.15) is 36.6 Å². The first kappa shape index (κ1) is 40.1. The van der Waals surface area contributed by atoms with E-state index in [0.29, 0.717) is 38.5 Å². The van der Waals surface area contributed by atoms with Gasteiger partial charge in [0.05, 0.1) is 48.8 Å². The molecule has 4 saturated carbocycles. The monoisotopic (exact) mass is 732 g/mol. The Balaban J connectivity index is 1.14. The van der Waals surface area contributed by atoms with Crippen LogP contribution in [-0.4, -0.2) is 149 Å². The summed E-state index contributed by atoms with van der Waals surface area (Å²) in [6, 6.07) is 0. The van der Waals surface area contributed by atoms with Gasteiger partial charge in [-0.15, -0.1) is 0 Å². The molecule has 0 aromatic heterocycles. The summed E-state index contributed by atoms with van der Waals surface area (Å²) >= 11 is 0. The Hall–Kier alpha value is -0.560. The zero-order chi connectivity index (χ0) is 37.4. The van der Waals surface area contributed by atoms with E-state index in [0.717, 1.165) is 6.42 Å². The zero-order valence-corrected chi connectivity index (χ0v) is 30.7. The summed E-state index contributed by atoms with van der Waals surface area (Å²) in [6.45, 7) is 9.46. The number of ether oxygens (including phenoxy) is 4. The maximum atomic E-state index is 12.6. The number of aliphatic hydroxyl groups excluding tert-OH is 8. The lowest BCUT2D eigenvalue weighted by Crippen LogP contribution is -2.75. The van der Waals surface area contributed by atoms with Crippen molar-refractivity contribution in [3.8, 4) is 0 Å². The normalized spacial score (nSPS) is 54.1. The average Bonchev–Trinajstić information content (AvgIpc) is 3.52. The molecule has 2 heterocycles. The number of rotatable bonds is 10. The molecule has 14 heteroatoms. The average molecular weight is 733 g/mol. The van der Waals surface area contributed by atoms with Gasteiger partial charge in [0, 0.05) is 24.2 Å². The third kappa shape index (κ3) is 6.54. The lowest BCUT2D eigenvalue weighted by Gasteiger charge is -2.68. The first-order chi connectivity index (χ1) is 23.8. The van der Waals surface area contributed by atoms with Crippen LogP contribution in [0.5, 0.6) is 0 Å². The summed E-state index contributed by atoms with van der Waals surface area (Å²) in [7, 11) is 0. The predicted octanol–water partition coefficient (Wildman–Crippen LogP) is -0.463. The first-order valence-corrected chi connectivity index (χ1v) is 19.2. The van der Waals surface area contributed by atoms with Crippen LogP contribution < -0.4 is 0 Å². The van der Waals surface area contributed by atoms with Crippen LogP contribution in [0, 0.1) is 40.4 Å². The highest BCUT2D eigenvalue weighted by molar-refractivity contribution is 5.24. The summed E-state index contributed by atoms with van der Waals surface area (Å²) in [5.41, 5.74) is -4.12. The van der Waals surface area contributed by atoms with Crippen LogP contribution in [0.15, 0.2) is 0 Å². The van der Waals surface area contributed by atoms with Crippen molar-refractivity contribution in [1.29, 1.82) is 0 Å². The van der Waals surface area contributed by atoms with Gasteiger partial charge in [0.2, 0.25) is 0 Å². The van der Waals surface area contributed by atoms with Crippen molar-refractivity contribution in [3.63, 3.8) is 0 Å². The second-order valence-electron chi connectivity index (χ2n) is 18.0. The molecular weight excluding hydrogens is 668 g/mol. The van der Waals surface area contributed by atoms with Crippen molar-refractivity contribution in [2.45, 2.75) is 177 Å². The lowest BCUT2D eigenvalue weighted by molar-refractivity contribution is -0.315. The summed E-state index contributed by atoms with van der Waals surface area (Å²) in [5, 5.41) is 109. The van der Waals surface area contributed by atoms with Crippen LogP contribution in [0.25, 0.3) is 0 Å². The Morgan fingerprint density at radius 3 is 2.20 bits per heavy atom. The molecule has 296 valence electrons. The minimum absolute atomic E-state index is 0.00569. The van der Waals surface area contributed by atoms with Crippen LogP contribution in [0.4, 0.5) is 0 Å². The summed E-state index contributed by atoms with van der Waals surface area (Å²) in [4.78, 5) is 0. The third-order valence-electron chi connectivity index (χ3n) is 14.8. The van der Waals surface area contributed by atoms with Crippen LogP contribution >= 0.6 is 0 Å². The molecule has 10 N–H and O–H groups in total. The van der Waals surface area contributed by atoms with Gasteiger partial charge in [0.15, 0.2) is 12.6 Å². The Morgan fingerprint density at radius 1 is 0.824 bits per heavy atom.